The van der Waals surface area contributed by atoms with Gasteiger partial charge in [-0.2, -0.15) is 0 Å². The Kier molecular flexibility index (Phi) is 5.48. The van der Waals surface area contributed by atoms with Crippen LogP contribution >= 0.6 is 47.2 Å². The number of aromatic hydroxyl groups is 1. The molecule has 1 heterocycles. The van der Waals surface area contributed by atoms with Gasteiger partial charge in [0.1, 0.15) is 0 Å². The van der Waals surface area contributed by atoms with Gasteiger partial charge in [0, 0.05) is 19.8 Å². The van der Waals surface area contributed by atoms with Crippen molar-refractivity contribution in [3.05, 3.63) is 56.9 Å². The van der Waals surface area contributed by atoms with E-state index in [9.17, 15) is 9.90 Å². The fraction of sp³-hybridized carbons (Fsp3) is 0.111. The van der Waals surface area contributed by atoms with Crippen molar-refractivity contribution in [1.29, 1.82) is 0 Å². The lowest BCUT2D eigenvalue weighted by atomic mass is 10.2. The summed E-state index contributed by atoms with van der Waals surface area (Å²) < 4.78 is 0.454. The van der Waals surface area contributed by atoms with E-state index in [2.05, 4.69) is 0 Å². The third-order valence-electron chi connectivity index (χ3n) is 3.76. The number of phenolic OH excluding ortho intramolecular Hbond substituents is 1. The Balaban J connectivity index is 1.91. The molecule has 0 aliphatic carbocycles. The van der Waals surface area contributed by atoms with E-state index >= 15 is 0 Å². The minimum absolute atomic E-state index is 0.124. The molecule has 134 valence electrons. The first-order valence-electron chi connectivity index (χ1n) is 7.51. The molecule has 0 bridgehead atoms. The molecule has 1 fully saturated rings. The van der Waals surface area contributed by atoms with Crippen molar-refractivity contribution in [3.63, 3.8) is 0 Å². The molecule has 1 saturated heterocycles. The maximum absolute atomic E-state index is 12.8. The zero-order chi connectivity index (χ0) is 19.0. The lowest BCUT2D eigenvalue weighted by Crippen LogP contribution is -2.27. The van der Waals surface area contributed by atoms with Gasteiger partial charge in [0.15, 0.2) is 10.1 Å². The SMILES string of the molecule is CN(C)c1ccc(N2C(=O)/C(=C\c3cc(Cl)c(O)c(Cl)c3)SC2=S)cc1. The van der Waals surface area contributed by atoms with Crippen molar-refractivity contribution < 1.29 is 9.90 Å². The highest BCUT2D eigenvalue weighted by Crippen LogP contribution is 2.38. The molecule has 1 N–H and O–H groups in total. The van der Waals surface area contributed by atoms with Gasteiger partial charge in [-0.15, -0.1) is 0 Å². The van der Waals surface area contributed by atoms with Crippen LogP contribution in [0.5, 0.6) is 5.75 Å². The Morgan fingerprint density at radius 3 is 2.27 bits per heavy atom. The van der Waals surface area contributed by atoms with E-state index in [1.807, 2.05) is 43.3 Å². The van der Waals surface area contributed by atoms with Crippen molar-refractivity contribution in [3.8, 4) is 5.75 Å². The van der Waals surface area contributed by atoms with Crippen LogP contribution < -0.4 is 9.80 Å². The number of thioether (sulfide) groups is 1. The Morgan fingerprint density at radius 1 is 1.15 bits per heavy atom. The summed E-state index contributed by atoms with van der Waals surface area (Å²) in [6.07, 6.45) is 1.66. The number of benzene rings is 2. The normalized spacial score (nSPS) is 15.8. The summed E-state index contributed by atoms with van der Waals surface area (Å²) in [7, 11) is 3.90. The van der Waals surface area contributed by atoms with Crippen LogP contribution in [0, 0.1) is 0 Å². The highest BCUT2D eigenvalue weighted by atomic mass is 35.5. The molecule has 1 aliphatic heterocycles. The summed E-state index contributed by atoms with van der Waals surface area (Å²) in [6, 6.07) is 10.7. The van der Waals surface area contributed by atoms with Gasteiger partial charge in [0.25, 0.3) is 5.91 Å². The van der Waals surface area contributed by atoms with Crippen molar-refractivity contribution in [1.82, 2.24) is 0 Å². The van der Waals surface area contributed by atoms with Crippen LogP contribution in [0.25, 0.3) is 6.08 Å². The first kappa shape index (κ1) is 19.0. The van der Waals surface area contributed by atoms with E-state index in [1.54, 1.807) is 18.2 Å². The highest BCUT2D eigenvalue weighted by molar-refractivity contribution is 8.27. The van der Waals surface area contributed by atoms with E-state index in [0.29, 0.717) is 20.5 Å². The molecule has 2 aromatic rings. The number of hydrogen-bond donors (Lipinski definition) is 1. The van der Waals surface area contributed by atoms with Gasteiger partial charge < -0.3 is 10.0 Å². The molecular formula is C18H14Cl2N2O2S2. The van der Waals surface area contributed by atoms with Crippen LogP contribution in [0.4, 0.5) is 11.4 Å². The van der Waals surface area contributed by atoms with Crippen molar-refractivity contribution in [2.75, 3.05) is 23.9 Å². The first-order valence-corrected chi connectivity index (χ1v) is 9.49. The average Bonchev–Trinajstić information content (AvgIpc) is 2.86. The number of thiocarbonyl (C=S) groups is 1. The van der Waals surface area contributed by atoms with Crippen LogP contribution in [0.3, 0.4) is 0 Å². The Morgan fingerprint density at radius 2 is 1.73 bits per heavy atom. The number of amides is 1. The Bertz CT molecular complexity index is 904. The van der Waals surface area contributed by atoms with Crippen LogP contribution in [0.15, 0.2) is 41.3 Å². The van der Waals surface area contributed by atoms with Gasteiger partial charge >= 0.3 is 0 Å². The van der Waals surface area contributed by atoms with Gasteiger partial charge in [-0.25, -0.2) is 0 Å². The number of nitrogens with zero attached hydrogens (tertiary/aromatic N) is 2. The van der Waals surface area contributed by atoms with E-state index in [4.69, 9.17) is 35.4 Å². The molecule has 3 rings (SSSR count). The third-order valence-corrected chi connectivity index (χ3v) is 5.63. The number of hydrogen-bond acceptors (Lipinski definition) is 5. The van der Waals surface area contributed by atoms with Crippen molar-refractivity contribution >= 4 is 74.9 Å². The summed E-state index contributed by atoms with van der Waals surface area (Å²) in [4.78, 5) is 16.7. The minimum Gasteiger partial charge on any atom is -0.505 e. The van der Waals surface area contributed by atoms with Gasteiger partial charge in [0.2, 0.25) is 0 Å². The molecule has 0 radical (unpaired) electrons. The minimum atomic E-state index is -0.210. The average molecular weight is 425 g/mol. The quantitative estimate of drug-likeness (QED) is 0.543. The molecule has 0 atom stereocenters. The van der Waals surface area contributed by atoms with Gasteiger partial charge in [-0.05, 0) is 48.0 Å². The van der Waals surface area contributed by atoms with E-state index in [0.717, 1.165) is 5.69 Å². The Labute approximate surface area is 171 Å². The molecule has 8 heteroatoms. The number of rotatable bonds is 3. The molecular weight excluding hydrogens is 411 g/mol. The zero-order valence-electron chi connectivity index (χ0n) is 13.9. The third kappa shape index (κ3) is 3.69. The predicted molar refractivity (Wildman–Crippen MR) is 115 cm³/mol. The van der Waals surface area contributed by atoms with Gasteiger partial charge in [-0.3, -0.25) is 9.69 Å². The molecule has 1 aliphatic rings. The smallest absolute Gasteiger partial charge is 0.270 e. The maximum atomic E-state index is 12.8. The number of anilines is 2. The molecule has 4 nitrogen and oxygen atoms in total. The number of carbonyl (C=O) groups excluding carboxylic acids is 1. The van der Waals surface area contributed by atoms with Crippen molar-refractivity contribution in [2.45, 2.75) is 0 Å². The van der Waals surface area contributed by atoms with Crippen LogP contribution in [0.1, 0.15) is 5.56 Å². The standard InChI is InChI=1S/C18H14Cl2N2O2S2/c1-21(2)11-3-5-12(6-4-11)22-17(24)15(26-18(22)25)9-10-7-13(19)16(23)14(20)8-10/h3-9,23H,1-2H3/b15-9+. The fourth-order valence-corrected chi connectivity index (χ4v) is 4.21. The van der Waals surface area contributed by atoms with E-state index in [1.165, 1.54) is 16.7 Å². The number of carbonyl (C=O) groups is 1. The topological polar surface area (TPSA) is 43.8 Å². The molecule has 0 saturated carbocycles. The van der Waals surface area contributed by atoms with E-state index < -0.39 is 0 Å². The molecule has 2 aromatic carbocycles. The highest BCUT2D eigenvalue weighted by Gasteiger charge is 2.33. The van der Waals surface area contributed by atoms with Crippen LogP contribution in [-0.2, 0) is 4.79 Å². The summed E-state index contributed by atoms with van der Waals surface area (Å²) in [5.74, 6) is -0.392. The molecule has 0 unspecified atom stereocenters. The summed E-state index contributed by atoms with van der Waals surface area (Å²) in [5, 5.41) is 9.90. The zero-order valence-corrected chi connectivity index (χ0v) is 17.0. The second-order valence-corrected chi connectivity index (χ2v) is 8.25. The largest absolute Gasteiger partial charge is 0.505 e. The fourth-order valence-electron chi connectivity index (χ4n) is 2.41. The number of halogens is 2. The van der Waals surface area contributed by atoms with Crippen LogP contribution in [-0.4, -0.2) is 29.4 Å². The predicted octanol–water partition coefficient (Wildman–Crippen LogP) is 5.17. The first-order chi connectivity index (χ1) is 12.3. The second-order valence-electron chi connectivity index (χ2n) is 5.76. The number of phenols is 1. The summed E-state index contributed by atoms with van der Waals surface area (Å²) >= 11 is 18.5. The van der Waals surface area contributed by atoms with Gasteiger partial charge in [0.05, 0.1) is 20.6 Å². The summed E-state index contributed by atoms with van der Waals surface area (Å²) in [5.41, 5.74) is 2.35. The van der Waals surface area contributed by atoms with Crippen LogP contribution in [0.2, 0.25) is 10.0 Å². The molecule has 0 spiro atoms. The Hall–Kier alpha value is -1.73. The molecule has 26 heavy (non-hydrogen) atoms. The van der Waals surface area contributed by atoms with Crippen molar-refractivity contribution in [2.24, 2.45) is 0 Å². The summed E-state index contributed by atoms with van der Waals surface area (Å²) in [6.45, 7) is 0. The lowest BCUT2D eigenvalue weighted by molar-refractivity contribution is -0.113. The second kappa shape index (κ2) is 7.48. The van der Waals surface area contributed by atoms with Gasteiger partial charge in [-0.1, -0.05) is 47.2 Å². The molecule has 1 amide bonds. The van der Waals surface area contributed by atoms with E-state index in [-0.39, 0.29) is 21.7 Å². The lowest BCUT2D eigenvalue weighted by Gasteiger charge is -2.17. The maximum Gasteiger partial charge on any atom is 0.270 e. The monoisotopic (exact) mass is 424 g/mol. The molecule has 0 aromatic heterocycles.